The van der Waals surface area contributed by atoms with Crippen LogP contribution in [0.15, 0.2) is 0 Å². The van der Waals surface area contributed by atoms with Gasteiger partial charge in [0.15, 0.2) is 6.67 Å². The summed E-state index contributed by atoms with van der Waals surface area (Å²) in [5.41, 5.74) is 0. The third-order valence-electron chi connectivity index (χ3n) is 0.538. The molecule has 0 saturated carbocycles. The fraction of sp³-hybridized carbons (Fsp3) is 0.750. The van der Waals surface area contributed by atoms with Gasteiger partial charge in [0.05, 0.1) is 0 Å². The van der Waals surface area contributed by atoms with E-state index < -0.39 is 19.3 Å². The van der Waals surface area contributed by atoms with Gasteiger partial charge in [0.1, 0.15) is 6.67 Å². The molecule has 0 spiro atoms. The first kappa shape index (κ1) is 7.33. The number of rotatable bonds is 3. The Balaban J connectivity index is 2.99. The maximum absolute atomic E-state index is 11.2. The van der Waals surface area contributed by atoms with Gasteiger partial charge in [-0.15, -0.1) is 0 Å². The number of amides is 1. The predicted molar refractivity (Wildman–Crippen MR) is 25.0 cm³/mol. The summed E-state index contributed by atoms with van der Waals surface area (Å²) in [6, 6.07) is 0. The van der Waals surface area contributed by atoms with E-state index in [0.29, 0.717) is 0 Å². The van der Waals surface area contributed by atoms with E-state index in [2.05, 4.69) is 0 Å². The van der Waals surface area contributed by atoms with Gasteiger partial charge >= 0.3 is 0 Å². The van der Waals surface area contributed by atoms with E-state index in [1.165, 1.54) is 0 Å². The van der Waals surface area contributed by atoms with Gasteiger partial charge in [-0.1, -0.05) is 0 Å². The van der Waals surface area contributed by atoms with Crippen molar-refractivity contribution in [3.05, 3.63) is 0 Å². The number of hydrogen-bond donors (Lipinski definition) is 1. The van der Waals surface area contributed by atoms with E-state index in [9.17, 15) is 13.6 Å². The van der Waals surface area contributed by atoms with Crippen molar-refractivity contribution in [2.24, 2.45) is 0 Å². The molecular weight excluding hydrogens is 116 g/mol. The normalized spacial score (nSPS) is 8.75. The SMILES string of the molecule is O=C(CF)NCCF. The van der Waals surface area contributed by atoms with E-state index in [1.54, 1.807) is 0 Å². The van der Waals surface area contributed by atoms with Crippen molar-refractivity contribution in [3.8, 4) is 0 Å². The average molecular weight is 123 g/mol. The standard InChI is InChI=1S/C4H7F2NO/c5-1-2-7-4(8)3-6/h1-3H2,(H,7,8). The molecule has 0 aromatic heterocycles. The zero-order valence-electron chi connectivity index (χ0n) is 4.29. The first-order valence-electron chi connectivity index (χ1n) is 2.20. The monoisotopic (exact) mass is 123 g/mol. The minimum Gasteiger partial charge on any atom is -0.351 e. The predicted octanol–water partition coefficient (Wildman–Crippen LogP) is 0.0416. The summed E-state index contributed by atoms with van der Waals surface area (Å²) < 4.78 is 22.3. The molecule has 1 amide bonds. The Morgan fingerprint density at radius 2 is 2.12 bits per heavy atom. The minimum atomic E-state index is -1.07. The Kier molecular flexibility index (Phi) is 4.11. The van der Waals surface area contributed by atoms with Gasteiger partial charge in [0.2, 0.25) is 0 Å². The van der Waals surface area contributed by atoms with Crippen LogP contribution in [0.1, 0.15) is 0 Å². The van der Waals surface area contributed by atoms with Gasteiger partial charge in [-0.3, -0.25) is 4.79 Å². The number of nitrogens with one attached hydrogen (secondary N) is 1. The van der Waals surface area contributed by atoms with E-state index >= 15 is 0 Å². The van der Waals surface area contributed by atoms with Gasteiger partial charge in [0.25, 0.3) is 5.91 Å². The topological polar surface area (TPSA) is 29.1 Å². The van der Waals surface area contributed by atoms with Crippen LogP contribution in [0.4, 0.5) is 8.78 Å². The third-order valence-corrected chi connectivity index (χ3v) is 0.538. The second kappa shape index (κ2) is 4.49. The van der Waals surface area contributed by atoms with Gasteiger partial charge in [-0.05, 0) is 0 Å². The van der Waals surface area contributed by atoms with Crippen molar-refractivity contribution in [2.75, 3.05) is 19.9 Å². The maximum Gasteiger partial charge on any atom is 0.251 e. The van der Waals surface area contributed by atoms with Gasteiger partial charge < -0.3 is 5.32 Å². The quantitative estimate of drug-likeness (QED) is 0.564. The lowest BCUT2D eigenvalue weighted by Crippen LogP contribution is -2.26. The summed E-state index contributed by atoms with van der Waals surface area (Å²) in [6.07, 6.45) is 0. The van der Waals surface area contributed by atoms with Crippen molar-refractivity contribution in [1.82, 2.24) is 5.32 Å². The lowest BCUT2D eigenvalue weighted by Gasteiger charge is -1.94. The van der Waals surface area contributed by atoms with Crippen LogP contribution in [0.2, 0.25) is 0 Å². The second-order valence-corrected chi connectivity index (χ2v) is 1.17. The van der Waals surface area contributed by atoms with Gasteiger partial charge in [0, 0.05) is 6.54 Å². The highest BCUT2D eigenvalue weighted by Gasteiger charge is 1.94. The molecule has 0 rings (SSSR count). The smallest absolute Gasteiger partial charge is 0.251 e. The van der Waals surface area contributed by atoms with Crippen molar-refractivity contribution >= 4 is 5.91 Å². The van der Waals surface area contributed by atoms with E-state index in [4.69, 9.17) is 0 Å². The maximum atomic E-state index is 11.2. The molecule has 0 saturated heterocycles. The molecular formula is C4H7F2NO. The molecule has 0 unspecified atom stereocenters. The Morgan fingerprint density at radius 3 is 2.50 bits per heavy atom. The average Bonchev–Trinajstić information content (AvgIpc) is 1.83. The van der Waals surface area contributed by atoms with Crippen LogP contribution in [0.3, 0.4) is 0 Å². The largest absolute Gasteiger partial charge is 0.351 e. The molecule has 1 N–H and O–H groups in total. The van der Waals surface area contributed by atoms with Crippen LogP contribution in [0.25, 0.3) is 0 Å². The molecule has 4 heteroatoms. The van der Waals surface area contributed by atoms with Crippen LogP contribution < -0.4 is 5.32 Å². The summed E-state index contributed by atoms with van der Waals surface area (Å²) in [5.74, 6) is -0.761. The molecule has 0 fully saturated rings. The fourth-order valence-corrected chi connectivity index (χ4v) is 0.234. The Hall–Kier alpha value is -0.670. The molecule has 8 heavy (non-hydrogen) atoms. The molecule has 0 aliphatic rings. The first-order valence-corrected chi connectivity index (χ1v) is 2.20. The number of hydrogen-bond acceptors (Lipinski definition) is 1. The molecule has 0 heterocycles. The Labute approximate surface area is 45.9 Å². The van der Waals surface area contributed by atoms with Crippen LogP contribution >= 0.6 is 0 Å². The highest BCUT2D eigenvalue weighted by molar-refractivity contribution is 5.76. The molecule has 0 radical (unpaired) electrons. The molecule has 48 valence electrons. The Bertz CT molecular complexity index is 76.4. The zero-order chi connectivity index (χ0) is 6.41. The van der Waals surface area contributed by atoms with Crippen molar-refractivity contribution in [2.45, 2.75) is 0 Å². The van der Waals surface area contributed by atoms with Crippen LogP contribution in [-0.2, 0) is 4.79 Å². The van der Waals surface area contributed by atoms with Gasteiger partial charge in [-0.25, -0.2) is 8.78 Å². The number of carbonyl (C=O) groups excluding carboxylic acids is 1. The lowest BCUT2D eigenvalue weighted by atomic mass is 10.6. The molecule has 0 bridgehead atoms. The molecule has 0 aliphatic carbocycles. The van der Waals surface area contributed by atoms with E-state index in [1.807, 2.05) is 5.32 Å². The van der Waals surface area contributed by atoms with Crippen molar-refractivity contribution in [1.29, 1.82) is 0 Å². The summed E-state index contributed by atoms with van der Waals surface area (Å²) in [6.45, 7) is -1.81. The fourth-order valence-electron chi connectivity index (χ4n) is 0.234. The highest BCUT2D eigenvalue weighted by Crippen LogP contribution is 1.68. The summed E-state index contributed by atoms with van der Waals surface area (Å²) >= 11 is 0. The van der Waals surface area contributed by atoms with Crippen LogP contribution in [0.5, 0.6) is 0 Å². The molecule has 0 aliphatic heterocycles. The lowest BCUT2D eigenvalue weighted by molar-refractivity contribution is -0.121. The molecule has 0 aromatic rings. The third kappa shape index (κ3) is 3.52. The van der Waals surface area contributed by atoms with E-state index in [0.717, 1.165) is 0 Å². The van der Waals surface area contributed by atoms with Crippen LogP contribution in [0, 0.1) is 0 Å². The first-order chi connectivity index (χ1) is 3.81. The Morgan fingerprint density at radius 1 is 1.50 bits per heavy atom. The molecule has 0 atom stereocenters. The van der Waals surface area contributed by atoms with E-state index in [-0.39, 0.29) is 6.54 Å². The number of halogens is 2. The zero-order valence-corrected chi connectivity index (χ0v) is 4.29. The van der Waals surface area contributed by atoms with Gasteiger partial charge in [-0.2, -0.15) is 0 Å². The molecule has 0 aromatic carbocycles. The summed E-state index contributed by atoms with van der Waals surface area (Å²) in [7, 11) is 0. The van der Waals surface area contributed by atoms with Crippen molar-refractivity contribution in [3.63, 3.8) is 0 Å². The summed E-state index contributed by atoms with van der Waals surface area (Å²) in [5, 5.41) is 1.99. The van der Waals surface area contributed by atoms with Crippen molar-refractivity contribution < 1.29 is 13.6 Å². The van der Waals surface area contributed by atoms with Crippen LogP contribution in [-0.4, -0.2) is 25.8 Å². The molecule has 2 nitrogen and oxygen atoms in total. The minimum absolute atomic E-state index is 0.0945. The highest BCUT2D eigenvalue weighted by atomic mass is 19.1. The second-order valence-electron chi connectivity index (χ2n) is 1.17. The number of alkyl halides is 2. The summed E-state index contributed by atoms with van der Waals surface area (Å²) in [4.78, 5) is 9.92. The number of carbonyl (C=O) groups is 1.